The van der Waals surface area contributed by atoms with Crippen molar-refractivity contribution in [1.29, 1.82) is 0 Å². The van der Waals surface area contributed by atoms with Gasteiger partial charge in [-0.15, -0.1) is 16.4 Å². The zero-order valence-electron chi connectivity index (χ0n) is 18.1. The van der Waals surface area contributed by atoms with E-state index in [0.29, 0.717) is 10.9 Å². The topological polar surface area (TPSA) is 65.1 Å². The maximum atomic E-state index is 12.8. The monoisotopic (exact) mass is 475 g/mol. The van der Waals surface area contributed by atoms with E-state index >= 15 is 0 Å². The van der Waals surface area contributed by atoms with Crippen LogP contribution >= 0.6 is 23.1 Å². The number of carbonyl (C=O) groups is 1. The van der Waals surface area contributed by atoms with E-state index in [-0.39, 0.29) is 11.9 Å². The van der Waals surface area contributed by atoms with Crippen molar-refractivity contribution in [3.63, 3.8) is 0 Å². The van der Waals surface area contributed by atoms with Crippen LogP contribution in [0.25, 0.3) is 10.7 Å². The van der Waals surface area contributed by atoms with Crippen molar-refractivity contribution in [3.05, 3.63) is 89.3 Å². The molecule has 0 atom stereocenters. The van der Waals surface area contributed by atoms with Crippen molar-refractivity contribution < 1.29 is 4.79 Å². The molecule has 0 aliphatic carbocycles. The molecule has 1 aliphatic heterocycles. The number of thiophene rings is 1. The van der Waals surface area contributed by atoms with Gasteiger partial charge < -0.3 is 4.90 Å². The maximum Gasteiger partial charge on any atom is 0.233 e. The minimum atomic E-state index is 0.137. The van der Waals surface area contributed by atoms with Gasteiger partial charge in [0.1, 0.15) is 0 Å². The molecule has 1 saturated heterocycles. The molecule has 0 unspecified atom stereocenters. The molecule has 2 aromatic carbocycles. The third-order valence-corrected chi connectivity index (χ3v) is 7.52. The summed E-state index contributed by atoms with van der Waals surface area (Å²) in [5.41, 5.74) is 2.57. The number of amides is 1. The Hall–Kier alpha value is -2.94. The molecule has 1 aliphatic rings. The molecule has 168 valence electrons. The van der Waals surface area contributed by atoms with Gasteiger partial charge in [-0.3, -0.25) is 14.8 Å². The Morgan fingerprint density at radius 3 is 2.21 bits per heavy atom. The van der Waals surface area contributed by atoms with Crippen molar-refractivity contribution in [1.82, 2.24) is 25.0 Å². The third-order valence-electron chi connectivity index (χ3n) is 5.81. The fourth-order valence-electron chi connectivity index (χ4n) is 4.17. The molecule has 1 fully saturated rings. The van der Waals surface area contributed by atoms with Gasteiger partial charge in [0, 0.05) is 26.2 Å². The highest BCUT2D eigenvalue weighted by atomic mass is 32.2. The van der Waals surface area contributed by atoms with Crippen molar-refractivity contribution >= 4 is 29.0 Å². The second-order valence-electron chi connectivity index (χ2n) is 7.87. The van der Waals surface area contributed by atoms with Crippen LogP contribution in [-0.2, 0) is 4.79 Å². The van der Waals surface area contributed by atoms with Crippen LogP contribution in [0.4, 0.5) is 0 Å². The SMILES string of the molecule is O=C(CSc1n[nH]c(-c2cccs2)n1)N1CCN(C(c2ccccc2)c2ccccc2)CC1. The first-order valence-electron chi connectivity index (χ1n) is 11.0. The highest BCUT2D eigenvalue weighted by molar-refractivity contribution is 7.99. The minimum Gasteiger partial charge on any atom is -0.339 e. The van der Waals surface area contributed by atoms with Crippen molar-refractivity contribution in [2.24, 2.45) is 0 Å². The molecule has 1 N–H and O–H groups in total. The van der Waals surface area contributed by atoms with E-state index in [9.17, 15) is 4.79 Å². The quantitative estimate of drug-likeness (QED) is 0.397. The lowest BCUT2D eigenvalue weighted by atomic mass is 9.96. The summed E-state index contributed by atoms with van der Waals surface area (Å²) in [5, 5.41) is 9.82. The Kier molecular flexibility index (Phi) is 6.85. The molecule has 5 rings (SSSR count). The number of H-pyrrole nitrogens is 1. The zero-order chi connectivity index (χ0) is 22.5. The van der Waals surface area contributed by atoms with Gasteiger partial charge in [-0.25, -0.2) is 4.98 Å². The van der Waals surface area contributed by atoms with Crippen LogP contribution in [0.2, 0.25) is 0 Å². The standard InChI is InChI=1S/C25H25N5OS2/c31-22(18-33-25-26-24(27-28-25)21-12-7-17-32-21)29-13-15-30(16-14-29)23(19-8-3-1-4-9-19)20-10-5-2-6-11-20/h1-12,17,23H,13-16,18H2,(H,26,27,28). The Morgan fingerprint density at radius 2 is 1.61 bits per heavy atom. The van der Waals surface area contributed by atoms with Gasteiger partial charge in [-0.05, 0) is 22.6 Å². The Bertz CT molecular complexity index is 1120. The fraction of sp³-hybridized carbons (Fsp3) is 0.240. The number of benzene rings is 2. The lowest BCUT2D eigenvalue weighted by molar-refractivity contribution is -0.130. The Labute approximate surface area is 201 Å². The molecule has 33 heavy (non-hydrogen) atoms. The molecule has 0 radical (unpaired) electrons. The molecule has 4 aromatic rings. The van der Waals surface area contributed by atoms with Crippen LogP contribution in [0, 0.1) is 0 Å². The van der Waals surface area contributed by atoms with E-state index in [2.05, 4.69) is 80.7 Å². The second-order valence-corrected chi connectivity index (χ2v) is 9.76. The predicted molar refractivity (Wildman–Crippen MR) is 133 cm³/mol. The number of aromatic nitrogens is 3. The molecule has 1 amide bonds. The number of carbonyl (C=O) groups excluding carboxylic acids is 1. The Balaban J connectivity index is 1.19. The van der Waals surface area contributed by atoms with Crippen LogP contribution < -0.4 is 0 Å². The lowest BCUT2D eigenvalue weighted by Crippen LogP contribution is -2.50. The molecular weight excluding hydrogens is 450 g/mol. The van der Waals surface area contributed by atoms with Gasteiger partial charge in [0.2, 0.25) is 11.1 Å². The summed E-state index contributed by atoms with van der Waals surface area (Å²) < 4.78 is 0. The van der Waals surface area contributed by atoms with Crippen LogP contribution in [0.1, 0.15) is 17.2 Å². The summed E-state index contributed by atoms with van der Waals surface area (Å²) in [6, 6.07) is 25.4. The van der Waals surface area contributed by atoms with Gasteiger partial charge in [-0.2, -0.15) is 0 Å². The predicted octanol–water partition coefficient (Wildman–Crippen LogP) is 4.56. The number of hydrogen-bond donors (Lipinski definition) is 1. The highest BCUT2D eigenvalue weighted by Gasteiger charge is 2.28. The molecule has 0 spiro atoms. The number of thioether (sulfide) groups is 1. The average Bonchev–Trinajstić information content (AvgIpc) is 3.57. The summed E-state index contributed by atoms with van der Waals surface area (Å²) in [6.45, 7) is 3.14. The fourth-order valence-corrected chi connectivity index (χ4v) is 5.53. The number of aromatic amines is 1. The number of hydrogen-bond acceptors (Lipinski definition) is 6. The Morgan fingerprint density at radius 1 is 0.939 bits per heavy atom. The van der Waals surface area contributed by atoms with E-state index in [4.69, 9.17) is 0 Å². The van der Waals surface area contributed by atoms with Crippen LogP contribution in [0.5, 0.6) is 0 Å². The number of piperazine rings is 1. The van der Waals surface area contributed by atoms with Gasteiger partial charge in [0.05, 0.1) is 16.7 Å². The van der Waals surface area contributed by atoms with E-state index in [1.165, 1.54) is 22.9 Å². The van der Waals surface area contributed by atoms with E-state index in [0.717, 1.165) is 36.9 Å². The summed E-state index contributed by atoms with van der Waals surface area (Å²) in [4.78, 5) is 22.8. The molecule has 6 nitrogen and oxygen atoms in total. The summed E-state index contributed by atoms with van der Waals surface area (Å²) in [7, 11) is 0. The maximum absolute atomic E-state index is 12.8. The normalized spacial score (nSPS) is 14.6. The van der Waals surface area contributed by atoms with Gasteiger partial charge in [0.25, 0.3) is 0 Å². The zero-order valence-corrected chi connectivity index (χ0v) is 19.8. The lowest BCUT2D eigenvalue weighted by Gasteiger charge is -2.39. The van der Waals surface area contributed by atoms with Crippen LogP contribution in [-0.4, -0.2) is 62.8 Å². The number of nitrogens with one attached hydrogen (secondary N) is 1. The van der Waals surface area contributed by atoms with Crippen molar-refractivity contribution in [3.8, 4) is 10.7 Å². The number of rotatable bonds is 7. The van der Waals surface area contributed by atoms with Crippen molar-refractivity contribution in [2.45, 2.75) is 11.2 Å². The molecule has 8 heteroatoms. The number of nitrogens with zero attached hydrogens (tertiary/aromatic N) is 4. The third kappa shape index (κ3) is 5.19. The van der Waals surface area contributed by atoms with Gasteiger partial charge >= 0.3 is 0 Å². The average molecular weight is 476 g/mol. The first-order chi connectivity index (χ1) is 16.3. The van der Waals surface area contributed by atoms with Crippen molar-refractivity contribution in [2.75, 3.05) is 31.9 Å². The molecular formula is C25H25N5OS2. The second kappa shape index (κ2) is 10.3. The molecule has 0 saturated carbocycles. The molecule has 0 bridgehead atoms. The molecule has 2 aromatic heterocycles. The summed E-state index contributed by atoms with van der Waals surface area (Å²) >= 11 is 3.00. The largest absolute Gasteiger partial charge is 0.339 e. The molecule has 3 heterocycles. The minimum absolute atomic E-state index is 0.137. The van der Waals surface area contributed by atoms with Crippen LogP contribution in [0.3, 0.4) is 0 Å². The van der Waals surface area contributed by atoms with E-state index in [1.54, 1.807) is 11.3 Å². The summed E-state index contributed by atoms with van der Waals surface area (Å²) in [5.74, 6) is 1.24. The first-order valence-corrected chi connectivity index (χ1v) is 12.9. The first kappa shape index (κ1) is 21.9. The highest BCUT2D eigenvalue weighted by Crippen LogP contribution is 2.29. The summed E-state index contributed by atoms with van der Waals surface area (Å²) in [6.07, 6.45) is 0. The van der Waals surface area contributed by atoms with Gasteiger partial charge in [-0.1, -0.05) is 78.5 Å². The van der Waals surface area contributed by atoms with Crippen LogP contribution in [0.15, 0.2) is 83.3 Å². The smallest absolute Gasteiger partial charge is 0.233 e. The van der Waals surface area contributed by atoms with E-state index < -0.39 is 0 Å². The van der Waals surface area contributed by atoms with Gasteiger partial charge in [0.15, 0.2) is 5.82 Å². The van der Waals surface area contributed by atoms with E-state index in [1.807, 2.05) is 22.4 Å².